The van der Waals surface area contributed by atoms with Gasteiger partial charge in [-0.15, -0.1) is 0 Å². The summed E-state index contributed by atoms with van der Waals surface area (Å²) in [6.07, 6.45) is -4.34. The molecule has 0 saturated carbocycles. The van der Waals surface area contributed by atoms with Crippen molar-refractivity contribution in [3.63, 3.8) is 0 Å². The molecule has 0 aliphatic carbocycles. The van der Waals surface area contributed by atoms with Crippen molar-refractivity contribution in [1.82, 2.24) is 20.0 Å². The molecule has 2 amide bonds. The molecule has 3 N–H and O–H groups in total. The predicted octanol–water partition coefficient (Wildman–Crippen LogP) is 3.71. The van der Waals surface area contributed by atoms with E-state index in [4.69, 9.17) is 0 Å². The number of benzene rings is 2. The van der Waals surface area contributed by atoms with Crippen LogP contribution in [0.4, 0.5) is 23.8 Å². The third-order valence-electron chi connectivity index (χ3n) is 5.35. The van der Waals surface area contributed by atoms with Crippen LogP contribution in [0.3, 0.4) is 0 Å². The molecule has 1 aromatic heterocycles. The summed E-state index contributed by atoms with van der Waals surface area (Å²) < 4.78 is 40.4. The second-order valence-electron chi connectivity index (χ2n) is 7.72. The number of amides is 2. The van der Waals surface area contributed by atoms with E-state index in [2.05, 4.69) is 15.7 Å². The highest BCUT2D eigenvalue weighted by molar-refractivity contribution is 5.89. The summed E-state index contributed by atoms with van der Waals surface area (Å²) in [6.45, 7) is 0.683. The van der Waals surface area contributed by atoms with Crippen LogP contribution in [0.5, 0.6) is 0 Å². The zero-order valence-corrected chi connectivity index (χ0v) is 17.2. The highest BCUT2D eigenvalue weighted by atomic mass is 19.4. The number of nitrogens with zero attached hydrogens (tertiary/aromatic N) is 2. The van der Waals surface area contributed by atoms with Crippen molar-refractivity contribution < 1.29 is 18.0 Å². The van der Waals surface area contributed by atoms with Gasteiger partial charge in [0, 0.05) is 13.1 Å². The number of alkyl halides is 3. The Hall–Kier alpha value is -3.53. The van der Waals surface area contributed by atoms with E-state index in [0.29, 0.717) is 11.3 Å². The van der Waals surface area contributed by atoms with Gasteiger partial charge in [-0.2, -0.15) is 13.2 Å². The molecule has 0 saturated heterocycles. The third kappa shape index (κ3) is 4.70. The van der Waals surface area contributed by atoms with Crippen LogP contribution in [-0.4, -0.2) is 40.0 Å². The van der Waals surface area contributed by atoms with Gasteiger partial charge < -0.3 is 5.32 Å². The summed E-state index contributed by atoms with van der Waals surface area (Å²) in [4.78, 5) is 26.3. The van der Waals surface area contributed by atoms with Crippen LogP contribution < -0.4 is 16.2 Å². The Bertz CT molecular complexity index is 1170. The first-order chi connectivity index (χ1) is 15.2. The van der Waals surface area contributed by atoms with E-state index in [0.717, 1.165) is 11.1 Å². The maximum atomic E-state index is 13.0. The van der Waals surface area contributed by atoms with Crippen LogP contribution >= 0.6 is 0 Å². The number of nitrogens with one attached hydrogen (secondary N) is 3. The van der Waals surface area contributed by atoms with E-state index >= 15 is 0 Å². The molecule has 4 rings (SSSR count). The molecule has 0 radical (unpaired) electrons. The number of urea groups is 1. The summed E-state index contributed by atoms with van der Waals surface area (Å²) in [6, 6.07) is 14.8. The van der Waals surface area contributed by atoms with Crippen molar-refractivity contribution in [3.05, 3.63) is 81.6 Å². The predicted molar refractivity (Wildman–Crippen MR) is 114 cm³/mol. The van der Waals surface area contributed by atoms with Crippen LogP contribution in [0.2, 0.25) is 0 Å². The Morgan fingerprint density at radius 3 is 2.53 bits per heavy atom. The van der Waals surface area contributed by atoms with Gasteiger partial charge in [-0.3, -0.25) is 20.1 Å². The van der Waals surface area contributed by atoms with Gasteiger partial charge in [0.25, 0.3) is 5.56 Å². The minimum Gasteiger partial charge on any atom is -0.330 e. The average Bonchev–Trinajstić information content (AvgIpc) is 3.01. The van der Waals surface area contributed by atoms with E-state index in [-0.39, 0.29) is 24.5 Å². The summed E-state index contributed by atoms with van der Waals surface area (Å²) in [5.41, 5.74) is 2.10. The molecule has 168 valence electrons. The van der Waals surface area contributed by atoms with Crippen LogP contribution in [0.15, 0.2) is 59.4 Å². The normalized spacial score (nSPS) is 16.4. The van der Waals surface area contributed by atoms with E-state index in [9.17, 15) is 22.8 Å². The lowest BCUT2D eigenvalue weighted by Gasteiger charge is -2.35. The first-order valence-electron chi connectivity index (χ1n) is 10.0. The number of halogens is 3. The summed E-state index contributed by atoms with van der Waals surface area (Å²) >= 11 is 0. The molecule has 1 aliphatic heterocycles. The molecule has 1 atom stereocenters. The van der Waals surface area contributed by atoms with Gasteiger partial charge in [-0.05, 0) is 30.2 Å². The fourth-order valence-corrected chi connectivity index (χ4v) is 3.92. The number of para-hydroxylation sites is 1. The highest BCUT2D eigenvalue weighted by Gasteiger charge is 2.35. The van der Waals surface area contributed by atoms with Gasteiger partial charge in [0.15, 0.2) is 0 Å². The number of rotatable bonds is 4. The number of hydrogen-bond donors (Lipinski definition) is 3. The Morgan fingerprint density at radius 2 is 1.81 bits per heavy atom. The number of hydrogen-bond acceptors (Lipinski definition) is 3. The summed E-state index contributed by atoms with van der Waals surface area (Å²) in [5, 5.41) is 8.12. The topological polar surface area (TPSA) is 82.2 Å². The Morgan fingerprint density at radius 1 is 1.12 bits per heavy atom. The fourth-order valence-electron chi connectivity index (χ4n) is 3.92. The molecule has 1 aliphatic rings. The van der Waals surface area contributed by atoms with E-state index in [1.54, 1.807) is 55.5 Å². The van der Waals surface area contributed by atoms with Crippen molar-refractivity contribution in [2.45, 2.75) is 25.7 Å². The third-order valence-corrected chi connectivity index (χ3v) is 5.35. The minimum absolute atomic E-state index is 0.0154. The molecule has 2 aromatic carbocycles. The average molecular weight is 445 g/mol. The number of H-pyrrole nitrogens is 1. The first kappa shape index (κ1) is 21.7. The van der Waals surface area contributed by atoms with Crippen molar-refractivity contribution in [2.24, 2.45) is 0 Å². The molecule has 2 heterocycles. The lowest BCUT2D eigenvalue weighted by molar-refractivity contribution is -0.148. The zero-order chi connectivity index (χ0) is 22.9. The van der Waals surface area contributed by atoms with Gasteiger partial charge in [0.2, 0.25) is 0 Å². The maximum Gasteiger partial charge on any atom is 0.401 e. The molecule has 32 heavy (non-hydrogen) atoms. The molecular weight excluding hydrogens is 423 g/mol. The van der Waals surface area contributed by atoms with Crippen LogP contribution in [0.25, 0.3) is 5.69 Å². The Kier molecular flexibility index (Phi) is 5.79. The largest absolute Gasteiger partial charge is 0.401 e. The number of carbonyl (C=O) groups is 1. The molecular formula is C22H22F3N5O2. The fraction of sp³-hybridized carbons (Fsp3) is 0.273. The monoisotopic (exact) mass is 445 g/mol. The van der Waals surface area contributed by atoms with Crippen LogP contribution in [-0.2, 0) is 6.54 Å². The van der Waals surface area contributed by atoms with Gasteiger partial charge >= 0.3 is 12.2 Å². The standard InChI is InChI=1S/C22H22F3N5O2/c1-14-19(30(28-20(14)31)16-8-3-2-4-9-16)27-21(32)26-18-12-29(13-22(23,24)25)11-15-7-5-6-10-17(15)18/h2-10,18H,11-13H2,1H3,(H,28,31)(H2,26,27,32). The number of carbonyl (C=O) groups excluding carboxylic acids is 1. The number of aromatic amines is 1. The van der Waals surface area contributed by atoms with E-state index < -0.39 is 24.8 Å². The number of anilines is 1. The lowest BCUT2D eigenvalue weighted by atomic mass is 9.95. The minimum atomic E-state index is -4.34. The summed E-state index contributed by atoms with van der Waals surface area (Å²) in [5.74, 6) is 0.259. The highest BCUT2D eigenvalue weighted by Crippen LogP contribution is 2.29. The zero-order valence-electron chi connectivity index (χ0n) is 17.2. The van der Waals surface area contributed by atoms with Crippen molar-refractivity contribution in [1.29, 1.82) is 0 Å². The van der Waals surface area contributed by atoms with Crippen LogP contribution in [0, 0.1) is 6.92 Å². The summed E-state index contributed by atoms with van der Waals surface area (Å²) in [7, 11) is 0. The second kappa shape index (κ2) is 8.54. The van der Waals surface area contributed by atoms with E-state index in [1.165, 1.54) is 9.58 Å². The lowest BCUT2D eigenvalue weighted by Crippen LogP contribution is -2.46. The molecule has 0 fully saturated rings. The molecule has 10 heteroatoms. The van der Waals surface area contributed by atoms with E-state index in [1.807, 2.05) is 6.07 Å². The van der Waals surface area contributed by atoms with Gasteiger partial charge in [0.1, 0.15) is 5.82 Å². The molecule has 0 bridgehead atoms. The Balaban J connectivity index is 1.56. The molecule has 0 spiro atoms. The SMILES string of the molecule is Cc1c(NC(=O)NC2CN(CC(F)(F)F)Cc3ccccc32)n(-c2ccccc2)[nH]c1=O. The van der Waals surface area contributed by atoms with Gasteiger partial charge in [-0.1, -0.05) is 42.5 Å². The molecule has 3 aromatic rings. The number of aromatic nitrogens is 2. The van der Waals surface area contributed by atoms with Crippen molar-refractivity contribution >= 4 is 11.8 Å². The van der Waals surface area contributed by atoms with Crippen LogP contribution in [0.1, 0.15) is 22.7 Å². The number of fused-ring (bicyclic) bond motifs is 1. The second-order valence-corrected chi connectivity index (χ2v) is 7.72. The quantitative estimate of drug-likeness (QED) is 0.573. The van der Waals surface area contributed by atoms with Crippen molar-refractivity contribution in [3.8, 4) is 5.69 Å². The van der Waals surface area contributed by atoms with Gasteiger partial charge in [-0.25, -0.2) is 9.48 Å². The smallest absolute Gasteiger partial charge is 0.330 e. The van der Waals surface area contributed by atoms with Crippen molar-refractivity contribution in [2.75, 3.05) is 18.4 Å². The maximum absolute atomic E-state index is 13.0. The first-order valence-corrected chi connectivity index (χ1v) is 10.0. The molecule has 7 nitrogen and oxygen atoms in total. The molecule has 1 unspecified atom stereocenters. The van der Waals surface area contributed by atoms with Gasteiger partial charge in [0.05, 0.1) is 23.8 Å². The Labute approximate surface area is 181 Å².